The van der Waals surface area contributed by atoms with Gasteiger partial charge in [-0.25, -0.2) is 0 Å². The largest absolute Gasteiger partial charge is 0.496 e. The van der Waals surface area contributed by atoms with E-state index in [0.717, 1.165) is 26.6 Å². The summed E-state index contributed by atoms with van der Waals surface area (Å²) in [7, 11) is 6.57. The Bertz CT molecular complexity index is 2060. The van der Waals surface area contributed by atoms with E-state index >= 15 is 0 Å². The highest BCUT2D eigenvalue weighted by molar-refractivity contribution is 5.99. The van der Waals surface area contributed by atoms with Crippen molar-refractivity contribution in [2.75, 3.05) is 40.5 Å². The fourth-order valence-corrected chi connectivity index (χ4v) is 6.04. The molecule has 4 heterocycles. The molecule has 4 aromatic rings. The summed E-state index contributed by atoms with van der Waals surface area (Å²) in [5, 5.41) is 12.7. The summed E-state index contributed by atoms with van der Waals surface area (Å²) in [4.78, 5) is 73.8. The fraction of sp³-hybridized carbons (Fsp3) is 0.400. The quantitative estimate of drug-likeness (QED) is 0.119. The van der Waals surface area contributed by atoms with Crippen molar-refractivity contribution in [3.05, 3.63) is 74.7 Å². The van der Waals surface area contributed by atoms with E-state index in [1.165, 1.54) is 22.9 Å². The molecule has 16 nitrogen and oxygen atoms in total. The lowest BCUT2D eigenvalue weighted by Crippen LogP contribution is -2.44. The van der Waals surface area contributed by atoms with Crippen LogP contribution in [-0.2, 0) is 39.6 Å². The molecule has 1 saturated heterocycles. The number of aromatic nitrogens is 4. The number of piperidine rings is 1. The normalized spacial score (nSPS) is 14.3. The third-order valence-electron chi connectivity index (χ3n) is 8.67. The van der Waals surface area contributed by atoms with E-state index in [9.17, 15) is 28.8 Å². The van der Waals surface area contributed by atoms with Gasteiger partial charge in [-0.05, 0) is 43.0 Å². The molecule has 3 aromatic heterocycles. The van der Waals surface area contributed by atoms with Crippen LogP contribution in [0.25, 0.3) is 22.0 Å². The molecule has 0 radical (unpaired) electrons. The molecule has 1 atom stereocenters. The Morgan fingerprint density at radius 2 is 1.69 bits per heavy atom. The first kappa shape index (κ1) is 36.5. The molecular weight excluding hydrogens is 662 g/mol. The van der Waals surface area contributed by atoms with Crippen LogP contribution in [0.4, 0.5) is 0 Å². The van der Waals surface area contributed by atoms with Crippen molar-refractivity contribution >= 4 is 34.5 Å². The van der Waals surface area contributed by atoms with Crippen molar-refractivity contribution in [3.8, 4) is 22.6 Å². The Hall–Kier alpha value is -5.77. The third-order valence-corrected chi connectivity index (χ3v) is 8.67. The van der Waals surface area contributed by atoms with E-state index in [2.05, 4.69) is 21.0 Å². The summed E-state index contributed by atoms with van der Waals surface area (Å²) in [5.41, 5.74) is 2.51. The van der Waals surface area contributed by atoms with Crippen molar-refractivity contribution in [1.82, 2.24) is 34.9 Å². The number of ether oxygens (including phenoxy) is 3. The second kappa shape index (κ2) is 16.3. The summed E-state index contributed by atoms with van der Waals surface area (Å²) in [5.74, 6) is -0.361. The van der Waals surface area contributed by atoms with Crippen molar-refractivity contribution in [1.29, 1.82) is 0 Å². The Morgan fingerprint density at radius 1 is 0.980 bits per heavy atom. The molecule has 16 heteroatoms. The predicted octanol–water partition coefficient (Wildman–Crippen LogP) is 0.981. The Balaban J connectivity index is 1.05. The number of nitrogens with one attached hydrogen (secondary N) is 3. The van der Waals surface area contributed by atoms with Gasteiger partial charge in [0.25, 0.3) is 17.0 Å². The first-order chi connectivity index (χ1) is 24.5. The van der Waals surface area contributed by atoms with Crippen LogP contribution in [0.5, 0.6) is 11.5 Å². The van der Waals surface area contributed by atoms with Gasteiger partial charge < -0.3 is 34.0 Å². The maximum atomic E-state index is 12.7. The molecule has 0 spiro atoms. The first-order valence-electron chi connectivity index (χ1n) is 16.5. The monoisotopic (exact) mass is 703 g/mol. The predicted molar refractivity (Wildman–Crippen MR) is 186 cm³/mol. The summed E-state index contributed by atoms with van der Waals surface area (Å²) in [6, 6.07) is 5.50. The second-order valence-electron chi connectivity index (χ2n) is 12.1. The molecule has 1 unspecified atom stereocenters. The van der Waals surface area contributed by atoms with Gasteiger partial charge in [-0.2, -0.15) is 5.10 Å². The maximum absolute atomic E-state index is 12.7. The average Bonchev–Trinajstić information content (AvgIpc) is 3.50. The van der Waals surface area contributed by atoms with E-state index in [4.69, 9.17) is 14.2 Å². The van der Waals surface area contributed by atoms with E-state index in [1.807, 2.05) is 12.1 Å². The van der Waals surface area contributed by atoms with E-state index < -0.39 is 29.3 Å². The van der Waals surface area contributed by atoms with Crippen LogP contribution in [0.3, 0.4) is 0 Å². The van der Waals surface area contributed by atoms with E-state index in [-0.39, 0.29) is 62.6 Å². The Labute approximate surface area is 292 Å². The number of carbonyl (C=O) groups is 4. The molecule has 1 aliphatic heterocycles. The smallest absolute Gasteiger partial charge is 0.276 e. The number of amides is 4. The van der Waals surface area contributed by atoms with Gasteiger partial charge in [-0.3, -0.25) is 38.8 Å². The van der Waals surface area contributed by atoms with Gasteiger partial charge >= 0.3 is 0 Å². The Morgan fingerprint density at radius 3 is 2.37 bits per heavy atom. The third kappa shape index (κ3) is 8.34. The highest BCUT2D eigenvalue weighted by Gasteiger charge is 2.29. The van der Waals surface area contributed by atoms with Gasteiger partial charge in [0.1, 0.15) is 23.1 Å². The highest BCUT2D eigenvalue weighted by Crippen LogP contribution is 2.38. The van der Waals surface area contributed by atoms with Gasteiger partial charge in [0.2, 0.25) is 17.7 Å². The second-order valence-corrected chi connectivity index (χ2v) is 12.1. The SMILES string of the molecule is COc1cc(-c2cn(C)c(=O)c3c2cnn3C)cc(OC)c1CCCC(=O)NCCOCCNC(=O)c1ccc(=O)n(C2CCC(=O)NC2=O)c1. The molecular formula is C35H41N7O9. The molecule has 0 saturated carbocycles. The van der Waals surface area contributed by atoms with E-state index in [1.54, 1.807) is 45.4 Å². The standard InChI is InChI=1S/C35H41N7O9/c1-40-20-25(24-18-38-41(2)32(24)35(40)48)22-16-27(49-3)23(28(17-22)50-4)6-5-7-29(43)36-12-14-51-15-13-37-33(46)21-8-11-31(45)42(19-21)26-9-10-30(44)39-34(26)47/h8,11,16-20,26H,5-7,9-10,12-15H2,1-4H3,(H,36,43)(H,37,46)(H,39,44,47). The minimum absolute atomic E-state index is 0.105. The molecule has 270 valence electrons. The molecule has 0 aliphatic carbocycles. The lowest BCUT2D eigenvalue weighted by atomic mass is 9.98. The molecule has 5 rings (SSSR count). The topological polar surface area (TPSA) is 194 Å². The highest BCUT2D eigenvalue weighted by atomic mass is 16.5. The molecule has 0 bridgehead atoms. The zero-order valence-corrected chi connectivity index (χ0v) is 28.9. The van der Waals surface area contributed by atoms with Crippen molar-refractivity contribution in [2.45, 2.75) is 38.1 Å². The fourth-order valence-electron chi connectivity index (χ4n) is 6.04. The van der Waals surface area contributed by atoms with Gasteiger partial charge in [0.15, 0.2) is 0 Å². The number of carbonyl (C=O) groups excluding carboxylic acids is 4. The number of fused-ring (bicyclic) bond motifs is 1. The maximum Gasteiger partial charge on any atom is 0.276 e. The Kier molecular flexibility index (Phi) is 11.7. The minimum Gasteiger partial charge on any atom is -0.496 e. The molecule has 51 heavy (non-hydrogen) atoms. The number of hydrogen-bond acceptors (Lipinski definition) is 10. The molecule has 1 aliphatic rings. The summed E-state index contributed by atoms with van der Waals surface area (Å²) >= 11 is 0. The number of benzene rings is 1. The van der Waals surface area contributed by atoms with Crippen LogP contribution in [-0.4, -0.2) is 83.1 Å². The number of methoxy groups -OCH3 is 2. The molecule has 1 aromatic carbocycles. The molecule has 3 N–H and O–H groups in total. The van der Waals surface area contributed by atoms with Crippen LogP contribution in [0.2, 0.25) is 0 Å². The zero-order valence-electron chi connectivity index (χ0n) is 28.9. The summed E-state index contributed by atoms with van der Waals surface area (Å²) in [6.07, 6.45) is 6.35. The number of pyridine rings is 2. The first-order valence-corrected chi connectivity index (χ1v) is 16.5. The molecule has 1 fully saturated rings. The van der Waals surface area contributed by atoms with Crippen LogP contribution in [0.15, 0.2) is 52.4 Å². The van der Waals surface area contributed by atoms with Crippen LogP contribution < -0.4 is 36.5 Å². The van der Waals surface area contributed by atoms with Gasteiger partial charge in [0, 0.05) is 75.0 Å². The van der Waals surface area contributed by atoms with Gasteiger partial charge in [0.05, 0.1) is 39.2 Å². The lowest BCUT2D eigenvalue weighted by Gasteiger charge is -2.23. The van der Waals surface area contributed by atoms with Crippen LogP contribution >= 0.6 is 0 Å². The number of nitrogens with zero attached hydrogens (tertiary/aromatic N) is 4. The van der Waals surface area contributed by atoms with Crippen LogP contribution in [0, 0.1) is 0 Å². The minimum atomic E-state index is -0.863. The summed E-state index contributed by atoms with van der Waals surface area (Å²) in [6.45, 7) is 0.895. The lowest BCUT2D eigenvalue weighted by molar-refractivity contribution is -0.135. The van der Waals surface area contributed by atoms with Crippen molar-refractivity contribution < 1.29 is 33.4 Å². The average molecular weight is 704 g/mol. The number of hydrogen-bond donors (Lipinski definition) is 3. The summed E-state index contributed by atoms with van der Waals surface area (Å²) < 4.78 is 21.2. The van der Waals surface area contributed by atoms with Gasteiger partial charge in [-0.1, -0.05) is 0 Å². The van der Waals surface area contributed by atoms with Crippen LogP contribution in [0.1, 0.15) is 47.6 Å². The number of rotatable bonds is 15. The van der Waals surface area contributed by atoms with Gasteiger partial charge in [-0.15, -0.1) is 0 Å². The number of aryl methyl sites for hydroxylation is 2. The van der Waals surface area contributed by atoms with Crippen molar-refractivity contribution in [2.24, 2.45) is 14.1 Å². The zero-order chi connectivity index (χ0) is 36.7. The number of imide groups is 1. The van der Waals surface area contributed by atoms with Crippen molar-refractivity contribution in [3.63, 3.8) is 0 Å². The molecule has 4 amide bonds. The van der Waals surface area contributed by atoms with E-state index in [0.29, 0.717) is 29.9 Å².